The largest absolute Gasteiger partial charge is 0.506 e. The van der Waals surface area contributed by atoms with Gasteiger partial charge in [0.1, 0.15) is 17.1 Å². The van der Waals surface area contributed by atoms with E-state index in [1.165, 1.54) is 44.6 Å². The van der Waals surface area contributed by atoms with Crippen LogP contribution in [-0.4, -0.2) is 17.2 Å². The van der Waals surface area contributed by atoms with Gasteiger partial charge in [-0.3, -0.25) is 0 Å². The smallest absolute Gasteiger partial charge is 0.172 e. The molecule has 0 radical (unpaired) electrons. The van der Waals surface area contributed by atoms with E-state index < -0.39 is 0 Å². The molecular formula is C18H30N4O2. The summed E-state index contributed by atoms with van der Waals surface area (Å²) in [5.74, 6) is 2.14. The fourth-order valence-corrected chi connectivity index (χ4v) is 4.17. The number of anilines is 2. The van der Waals surface area contributed by atoms with E-state index in [2.05, 4.69) is 5.48 Å². The molecule has 6 nitrogen and oxygen atoms in total. The molecule has 1 aromatic carbocycles. The van der Waals surface area contributed by atoms with Crippen LogP contribution >= 0.6 is 0 Å². The SMILES string of the molecule is Nc1c(O)ccc(ONC2CCC(C3CCC(N)CC3)CC2)c1N. The zero-order valence-electron chi connectivity index (χ0n) is 14.2. The molecule has 6 heteroatoms. The molecule has 24 heavy (non-hydrogen) atoms. The van der Waals surface area contributed by atoms with Crippen molar-refractivity contribution in [2.75, 3.05) is 11.5 Å². The van der Waals surface area contributed by atoms with E-state index in [4.69, 9.17) is 22.0 Å². The Morgan fingerprint density at radius 2 is 1.46 bits per heavy atom. The molecule has 0 aliphatic heterocycles. The number of phenols is 1. The Morgan fingerprint density at radius 3 is 2.08 bits per heavy atom. The number of benzene rings is 1. The van der Waals surface area contributed by atoms with Crippen LogP contribution in [0.1, 0.15) is 51.4 Å². The van der Waals surface area contributed by atoms with Gasteiger partial charge in [0.2, 0.25) is 0 Å². The van der Waals surface area contributed by atoms with Crippen molar-refractivity contribution in [3.8, 4) is 11.5 Å². The molecule has 2 saturated carbocycles. The fourth-order valence-electron chi connectivity index (χ4n) is 4.17. The van der Waals surface area contributed by atoms with Gasteiger partial charge < -0.3 is 27.1 Å². The Balaban J connectivity index is 1.45. The molecule has 134 valence electrons. The topological polar surface area (TPSA) is 120 Å². The summed E-state index contributed by atoms with van der Waals surface area (Å²) in [6, 6.07) is 3.88. The summed E-state index contributed by atoms with van der Waals surface area (Å²) in [6.07, 6.45) is 9.68. The van der Waals surface area contributed by atoms with Gasteiger partial charge in [0, 0.05) is 12.1 Å². The summed E-state index contributed by atoms with van der Waals surface area (Å²) < 4.78 is 0. The van der Waals surface area contributed by atoms with Gasteiger partial charge in [0.25, 0.3) is 0 Å². The van der Waals surface area contributed by atoms with E-state index in [1.54, 1.807) is 6.07 Å². The summed E-state index contributed by atoms with van der Waals surface area (Å²) in [6.45, 7) is 0. The minimum atomic E-state index is -0.0208. The van der Waals surface area contributed by atoms with Crippen molar-refractivity contribution in [1.29, 1.82) is 0 Å². The van der Waals surface area contributed by atoms with Gasteiger partial charge in [-0.05, 0) is 75.3 Å². The number of nitrogen functional groups attached to an aromatic ring is 2. The lowest BCUT2D eigenvalue weighted by Gasteiger charge is -2.37. The molecular weight excluding hydrogens is 304 g/mol. The number of rotatable bonds is 4. The number of phenolic OH excluding ortho intramolecular Hbond substituents is 1. The Bertz CT molecular complexity index is 550. The van der Waals surface area contributed by atoms with E-state index >= 15 is 0 Å². The van der Waals surface area contributed by atoms with Crippen molar-refractivity contribution in [2.45, 2.75) is 63.5 Å². The summed E-state index contributed by atoms with van der Waals surface area (Å²) in [5, 5.41) is 9.52. The Hall–Kier alpha value is -1.66. The number of hydrogen-bond donors (Lipinski definition) is 5. The van der Waals surface area contributed by atoms with Gasteiger partial charge in [-0.1, -0.05) is 0 Å². The molecule has 8 N–H and O–H groups in total. The van der Waals surface area contributed by atoms with Crippen molar-refractivity contribution in [3.05, 3.63) is 12.1 Å². The van der Waals surface area contributed by atoms with Crippen LogP contribution in [0.3, 0.4) is 0 Å². The highest BCUT2D eigenvalue weighted by molar-refractivity contribution is 5.76. The van der Waals surface area contributed by atoms with Crippen LogP contribution in [0.4, 0.5) is 11.4 Å². The number of hydroxylamine groups is 1. The Labute approximate surface area is 143 Å². The maximum absolute atomic E-state index is 9.52. The Morgan fingerprint density at radius 1 is 0.875 bits per heavy atom. The van der Waals surface area contributed by atoms with Gasteiger partial charge in [-0.25, -0.2) is 0 Å². The van der Waals surface area contributed by atoms with Crippen LogP contribution in [0.5, 0.6) is 11.5 Å². The normalized spacial score (nSPS) is 30.9. The second kappa shape index (κ2) is 7.49. The van der Waals surface area contributed by atoms with Crippen molar-refractivity contribution >= 4 is 11.4 Å². The summed E-state index contributed by atoms with van der Waals surface area (Å²) in [5.41, 5.74) is 21.1. The fraction of sp³-hybridized carbons (Fsp3) is 0.667. The van der Waals surface area contributed by atoms with E-state index in [1.807, 2.05) is 0 Å². The molecule has 0 heterocycles. The second-order valence-electron chi connectivity index (χ2n) is 7.42. The molecule has 0 amide bonds. The second-order valence-corrected chi connectivity index (χ2v) is 7.42. The van der Waals surface area contributed by atoms with Gasteiger partial charge >= 0.3 is 0 Å². The van der Waals surface area contributed by atoms with Gasteiger partial charge in [-0.2, -0.15) is 5.48 Å². The van der Waals surface area contributed by atoms with Crippen LogP contribution in [0, 0.1) is 11.8 Å². The molecule has 2 aliphatic carbocycles. The first-order valence-corrected chi connectivity index (χ1v) is 9.09. The minimum absolute atomic E-state index is 0.0208. The van der Waals surface area contributed by atoms with Gasteiger partial charge in [0.15, 0.2) is 5.75 Å². The molecule has 0 saturated heterocycles. The highest BCUT2D eigenvalue weighted by Gasteiger charge is 2.30. The number of nitrogens with one attached hydrogen (secondary N) is 1. The van der Waals surface area contributed by atoms with Crippen molar-refractivity contribution in [1.82, 2.24) is 5.48 Å². The average Bonchev–Trinajstić information content (AvgIpc) is 2.60. The predicted molar refractivity (Wildman–Crippen MR) is 96.4 cm³/mol. The highest BCUT2D eigenvalue weighted by Crippen LogP contribution is 2.38. The third-order valence-corrected chi connectivity index (χ3v) is 5.81. The predicted octanol–water partition coefficient (Wildman–Crippen LogP) is 2.52. The standard InChI is InChI=1S/C18H30N4O2/c19-13-5-1-11(2-6-13)12-3-7-14(8-4-12)22-24-16-10-9-15(23)17(20)18(16)21/h9-14,22-23H,1-8,19-21H2. The van der Waals surface area contributed by atoms with Crippen molar-refractivity contribution in [3.63, 3.8) is 0 Å². The number of nitrogens with two attached hydrogens (primary N) is 3. The Kier molecular flexibility index (Phi) is 5.36. The first kappa shape index (κ1) is 17.2. The average molecular weight is 334 g/mol. The highest BCUT2D eigenvalue weighted by atomic mass is 16.6. The molecule has 2 aliphatic rings. The van der Waals surface area contributed by atoms with Crippen LogP contribution in [-0.2, 0) is 0 Å². The minimum Gasteiger partial charge on any atom is -0.506 e. The van der Waals surface area contributed by atoms with Crippen LogP contribution < -0.4 is 27.5 Å². The van der Waals surface area contributed by atoms with Crippen LogP contribution in [0.2, 0.25) is 0 Å². The van der Waals surface area contributed by atoms with Gasteiger partial charge in [-0.15, -0.1) is 0 Å². The van der Waals surface area contributed by atoms with E-state index in [9.17, 15) is 5.11 Å². The molecule has 0 aromatic heterocycles. The maximum Gasteiger partial charge on any atom is 0.172 e. The van der Waals surface area contributed by atoms with E-state index in [0.29, 0.717) is 17.8 Å². The first-order valence-electron chi connectivity index (χ1n) is 9.09. The molecule has 0 spiro atoms. The molecule has 2 fully saturated rings. The van der Waals surface area contributed by atoms with E-state index in [0.717, 1.165) is 24.7 Å². The van der Waals surface area contributed by atoms with E-state index in [-0.39, 0.29) is 17.1 Å². The summed E-state index contributed by atoms with van der Waals surface area (Å²) >= 11 is 0. The third-order valence-electron chi connectivity index (χ3n) is 5.81. The quantitative estimate of drug-likeness (QED) is 0.328. The van der Waals surface area contributed by atoms with Crippen LogP contribution in [0.15, 0.2) is 12.1 Å². The van der Waals surface area contributed by atoms with Crippen molar-refractivity contribution in [2.24, 2.45) is 17.6 Å². The summed E-state index contributed by atoms with van der Waals surface area (Å²) in [4.78, 5) is 5.62. The number of hydrogen-bond acceptors (Lipinski definition) is 6. The zero-order chi connectivity index (χ0) is 17.1. The lowest BCUT2D eigenvalue weighted by Crippen LogP contribution is -2.38. The lowest BCUT2D eigenvalue weighted by molar-refractivity contribution is 0.101. The maximum atomic E-state index is 9.52. The molecule has 0 unspecified atom stereocenters. The first-order chi connectivity index (χ1) is 11.5. The third kappa shape index (κ3) is 3.87. The van der Waals surface area contributed by atoms with Crippen LogP contribution in [0.25, 0.3) is 0 Å². The molecule has 1 aromatic rings. The molecule has 0 atom stereocenters. The van der Waals surface area contributed by atoms with Gasteiger partial charge in [0.05, 0.1) is 0 Å². The van der Waals surface area contributed by atoms with Crippen molar-refractivity contribution < 1.29 is 9.94 Å². The lowest BCUT2D eigenvalue weighted by atomic mass is 9.72. The monoisotopic (exact) mass is 334 g/mol. The number of aromatic hydroxyl groups is 1. The summed E-state index contributed by atoms with van der Waals surface area (Å²) in [7, 11) is 0. The zero-order valence-corrected chi connectivity index (χ0v) is 14.2. The molecule has 3 rings (SSSR count). The molecule has 0 bridgehead atoms.